The Morgan fingerprint density at radius 3 is 2.56 bits per heavy atom. The standard InChI is InChI=1S/C15H22N2O/c1-9-6-12(9)8-17(4)15(18)13-7-14(16)11(3)5-10(13)2/h5,7,9,12H,6,8,16H2,1-4H3. The highest BCUT2D eigenvalue weighted by Gasteiger charge is 2.34. The summed E-state index contributed by atoms with van der Waals surface area (Å²) in [5, 5.41) is 0. The summed E-state index contributed by atoms with van der Waals surface area (Å²) in [6.45, 7) is 7.02. The van der Waals surface area contributed by atoms with Crippen LogP contribution in [0.3, 0.4) is 0 Å². The van der Waals surface area contributed by atoms with Crippen LogP contribution in [-0.4, -0.2) is 24.4 Å². The van der Waals surface area contributed by atoms with Crippen LogP contribution in [0.25, 0.3) is 0 Å². The van der Waals surface area contributed by atoms with Gasteiger partial charge in [-0.3, -0.25) is 4.79 Å². The third-order valence-electron chi connectivity index (χ3n) is 3.97. The first-order valence-corrected chi connectivity index (χ1v) is 6.52. The van der Waals surface area contributed by atoms with Gasteiger partial charge >= 0.3 is 0 Å². The average Bonchev–Trinajstić information content (AvgIpc) is 2.98. The largest absolute Gasteiger partial charge is 0.398 e. The van der Waals surface area contributed by atoms with E-state index in [2.05, 4.69) is 6.92 Å². The first-order chi connectivity index (χ1) is 8.40. The molecule has 1 aromatic carbocycles. The summed E-state index contributed by atoms with van der Waals surface area (Å²) in [6, 6.07) is 3.79. The van der Waals surface area contributed by atoms with Crippen molar-refractivity contribution < 1.29 is 4.79 Å². The molecule has 3 nitrogen and oxygen atoms in total. The monoisotopic (exact) mass is 246 g/mol. The van der Waals surface area contributed by atoms with E-state index in [1.165, 1.54) is 6.42 Å². The van der Waals surface area contributed by atoms with Crippen molar-refractivity contribution in [1.29, 1.82) is 0 Å². The molecule has 1 fully saturated rings. The van der Waals surface area contributed by atoms with Gasteiger partial charge in [0.25, 0.3) is 5.91 Å². The molecule has 0 bridgehead atoms. The topological polar surface area (TPSA) is 46.3 Å². The number of carbonyl (C=O) groups is 1. The molecule has 1 saturated carbocycles. The maximum absolute atomic E-state index is 12.4. The van der Waals surface area contributed by atoms with Crippen LogP contribution in [0.5, 0.6) is 0 Å². The van der Waals surface area contributed by atoms with E-state index in [0.717, 1.165) is 29.2 Å². The fourth-order valence-electron chi connectivity index (χ4n) is 2.39. The quantitative estimate of drug-likeness (QED) is 0.833. The fraction of sp³-hybridized carbons (Fsp3) is 0.533. The van der Waals surface area contributed by atoms with E-state index in [1.54, 1.807) is 6.07 Å². The smallest absolute Gasteiger partial charge is 0.253 e. The molecule has 1 aromatic rings. The van der Waals surface area contributed by atoms with Crippen LogP contribution in [0.1, 0.15) is 34.8 Å². The van der Waals surface area contributed by atoms with Gasteiger partial charge in [-0.2, -0.15) is 0 Å². The lowest BCUT2D eigenvalue weighted by Crippen LogP contribution is -2.29. The summed E-state index contributed by atoms with van der Waals surface area (Å²) in [5.41, 5.74) is 9.35. The van der Waals surface area contributed by atoms with Gasteiger partial charge in [0.1, 0.15) is 0 Å². The molecule has 0 aliphatic heterocycles. The average molecular weight is 246 g/mol. The Morgan fingerprint density at radius 2 is 2.00 bits per heavy atom. The highest BCUT2D eigenvalue weighted by Crippen LogP contribution is 2.38. The van der Waals surface area contributed by atoms with Crippen LogP contribution >= 0.6 is 0 Å². The minimum atomic E-state index is 0.0818. The summed E-state index contributed by atoms with van der Waals surface area (Å²) in [4.78, 5) is 14.2. The van der Waals surface area contributed by atoms with E-state index in [4.69, 9.17) is 5.73 Å². The molecule has 0 saturated heterocycles. The molecule has 0 radical (unpaired) electrons. The molecule has 0 spiro atoms. The van der Waals surface area contributed by atoms with Gasteiger partial charge in [-0.1, -0.05) is 13.0 Å². The van der Waals surface area contributed by atoms with Crippen molar-refractivity contribution in [3.63, 3.8) is 0 Å². The molecule has 2 N–H and O–H groups in total. The number of nitrogens with two attached hydrogens (primary N) is 1. The number of benzene rings is 1. The van der Waals surface area contributed by atoms with E-state index in [-0.39, 0.29) is 5.91 Å². The highest BCUT2D eigenvalue weighted by atomic mass is 16.2. The first kappa shape index (κ1) is 12.9. The zero-order chi connectivity index (χ0) is 13.4. The van der Waals surface area contributed by atoms with Crippen LogP contribution in [-0.2, 0) is 0 Å². The molecule has 0 aromatic heterocycles. The number of anilines is 1. The Kier molecular flexibility index (Phi) is 3.33. The molecule has 3 heteroatoms. The molecule has 2 unspecified atom stereocenters. The summed E-state index contributed by atoms with van der Waals surface area (Å²) in [5.74, 6) is 1.53. The van der Waals surface area contributed by atoms with E-state index >= 15 is 0 Å². The van der Waals surface area contributed by atoms with Crippen LogP contribution in [0.15, 0.2) is 12.1 Å². The van der Waals surface area contributed by atoms with Gasteiger partial charge in [0.15, 0.2) is 0 Å². The summed E-state index contributed by atoms with van der Waals surface area (Å²) < 4.78 is 0. The lowest BCUT2D eigenvalue weighted by molar-refractivity contribution is 0.0786. The van der Waals surface area contributed by atoms with Crippen molar-refractivity contribution in [2.75, 3.05) is 19.3 Å². The van der Waals surface area contributed by atoms with Gasteiger partial charge in [-0.15, -0.1) is 0 Å². The molecular formula is C15H22N2O. The number of hydrogen-bond acceptors (Lipinski definition) is 2. The molecular weight excluding hydrogens is 224 g/mol. The summed E-state index contributed by atoms with van der Waals surface area (Å²) in [6.07, 6.45) is 1.24. The maximum atomic E-state index is 12.4. The minimum Gasteiger partial charge on any atom is -0.398 e. The summed E-state index contributed by atoms with van der Waals surface area (Å²) >= 11 is 0. The molecule has 18 heavy (non-hydrogen) atoms. The van der Waals surface area contributed by atoms with Gasteiger partial charge in [-0.25, -0.2) is 0 Å². The van der Waals surface area contributed by atoms with Crippen LogP contribution < -0.4 is 5.73 Å². The molecule has 2 atom stereocenters. The predicted molar refractivity (Wildman–Crippen MR) is 74.6 cm³/mol. The SMILES string of the molecule is Cc1cc(C)c(C(=O)N(C)CC2CC2C)cc1N. The lowest BCUT2D eigenvalue weighted by Gasteiger charge is -2.19. The van der Waals surface area contributed by atoms with Crippen molar-refractivity contribution in [1.82, 2.24) is 4.90 Å². The third-order valence-corrected chi connectivity index (χ3v) is 3.97. The predicted octanol–water partition coefficient (Wildman–Crippen LogP) is 2.61. The molecule has 0 heterocycles. The van der Waals surface area contributed by atoms with Crippen molar-refractivity contribution >= 4 is 11.6 Å². The minimum absolute atomic E-state index is 0.0818. The molecule has 98 valence electrons. The Morgan fingerprint density at radius 1 is 1.39 bits per heavy atom. The van der Waals surface area contributed by atoms with Gasteiger partial charge in [-0.05, 0) is 49.3 Å². The van der Waals surface area contributed by atoms with Crippen molar-refractivity contribution in [2.45, 2.75) is 27.2 Å². The zero-order valence-electron chi connectivity index (χ0n) is 11.7. The zero-order valence-corrected chi connectivity index (χ0v) is 11.7. The second-order valence-electron chi connectivity index (χ2n) is 5.68. The summed E-state index contributed by atoms with van der Waals surface area (Å²) in [7, 11) is 1.88. The number of hydrogen-bond donors (Lipinski definition) is 1. The van der Waals surface area contributed by atoms with E-state index < -0.39 is 0 Å². The first-order valence-electron chi connectivity index (χ1n) is 6.52. The Bertz CT molecular complexity index is 482. The van der Waals surface area contributed by atoms with Crippen LogP contribution in [0.4, 0.5) is 5.69 Å². The van der Waals surface area contributed by atoms with Gasteiger partial charge in [0.05, 0.1) is 0 Å². The number of aryl methyl sites for hydroxylation is 2. The number of amides is 1. The molecule has 1 aliphatic carbocycles. The lowest BCUT2D eigenvalue weighted by atomic mass is 10.0. The van der Waals surface area contributed by atoms with Crippen LogP contribution in [0.2, 0.25) is 0 Å². The van der Waals surface area contributed by atoms with E-state index in [9.17, 15) is 4.79 Å². The van der Waals surface area contributed by atoms with Gasteiger partial charge < -0.3 is 10.6 Å². The second-order valence-corrected chi connectivity index (χ2v) is 5.68. The van der Waals surface area contributed by atoms with Crippen LogP contribution in [0, 0.1) is 25.7 Å². The number of carbonyl (C=O) groups excluding carboxylic acids is 1. The Labute approximate surface area is 109 Å². The normalized spacial score (nSPS) is 21.8. The number of nitrogens with zero attached hydrogens (tertiary/aromatic N) is 1. The van der Waals surface area contributed by atoms with Crippen molar-refractivity contribution in [3.8, 4) is 0 Å². The third kappa shape index (κ3) is 2.50. The second kappa shape index (κ2) is 4.63. The Hall–Kier alpha value is -1.51. The maximum Gasteiger partial charge on any atom is 0.253 e. The molecule has 1 amide bonds. The van der Waals surface area contributed by atoms with E-state index in [1.807, 2.05) is 31.9 Å². The molecule has 2 rings (SSSR count). The van der Waals surface area contributed by atoms with Crippen molar-refractivity contribution in [2.24, 2.45) is 11.8 Å². The Balaban J connectivity index is 2.15. The molecule has 1 aliphatic rings. The highest BCUT2D eigenvalue weighted by molar-refractivity contribution is 5.96. The van der Waals surface area contributed by atoms with Gasteiger partial charge in [0.2, 0.25) is 0 Å². The van der Waals surface area contributed by atoms with Gasteiger partial charge in [0, 0.05) is 24.8 Å². The van der Waals surface area contributed by atoms with Crippen molar-refractivity contribution in [3.05, 3.63) is 28.8 Å². The van der Waals surface area contributed by atoms with E-state index in [0.29, 0.717) is 11.6 Å². The number of rotatable bonds is 3. The number of nitrogen functional groups attached to an aromatic ring is 1. The fourth-order valence-corrected chi connectivity index (χ4v) is 2.39.